The molecule has 0 saturated heterocycles. The van der Waals surface area contributed by atoms with Crippen molar-refractivity contribution in [3.63, 3.8) is 0 Å². The molecule has 0 saturated carbocycles. The highest BCUT2D eigenvalue weighted by Gasteiger charge is 2.12. The van der Waals surface area contributed by atoms with Crippen molar-refractivity contribution in [1.82, 2.24) is 4.90 Å². The third-order valence-corrected chi connectivity index (χ3v) is 3.79. The van der Waals surface area contributed by atoms with Gasteiger partial charge in [0.25, 0.3) is 0 Å². The number of benzene rings is 2. The standard InChI is InChI=1S/C16H14Cl2FNO/c1-20(9-12-4-2-3-5-15(12)19)10-16(21)11-6-7-13(17)14(18)8-11/h2-8H,9-10H2,1H3. The maximum absolute atomic E-state index is 13.6. The van der Waals surface area contributed by atoms with Gasteiger partial charge in [0.1, 0.15) is 5.82 Å². The Morgan fingerprint density at radius 2 is 1.86 bits per heavy atom. The monoisotopic (exact) mass is 325 g/mol. The van der Waals surface area contributed by atoms with Gasteiger partial charge in [-0.2, -0.15) is 0 Å². The quantitative estimate of drug-likeness (QED) is 0.757. The maximum Gasteiger partial charge on any atom is 0.176 e. The van der Waals surface area contributed by atoms with Crippen molar-refractivity contribution in [2.45, 2.75) is 6.54 Å². The van der Waals surface area contributed by atoms with Gasteiger partial charge in [0.2, 0.25) is 0 Å². The molecule has 0 N–H and O–H groups in total. The molecule has 0 aliphatic heterocycles. The van der Waals surface area contributed by atoms with Crippen LogP contribution in [-0.2, 0) is 6.54 Å². The van der Waals surface area contributed by atoms with Crippen LogP contribution in [0.3, 0.4) is 0 Å². The number of ketones is 1. The molecule has 0 aliphatic rings. The van der Waals surface area contributed by atoms with Gasteiger partial charge < -0.3 is 0 Å². The SMILES string of the molecule is CN(CC(=O)c1ccc(Cl)c(Cl)c1)Cc1ccccc1F. The normalized spacial score (nSPS) is 10.9. The predicted octanol–water partition coefficient (Wildman–Crippen LogP) is 4.45. The lowest BCUT2D eigenvalue weighted by Crippen LogP contribution is -2.26. The molecule has 2 rings (SSSR count). The number of likely N-dealkylation sites (N-methyl/N-ethyl adjacent to an activating group) is 1. The molecule has 2 aromatic carbocycles. The smallest absolute Gasteiger partial charge is 0.176 e. The van der Waals surface area contributed by atoms with E-state index in [-0.39, 0.29) is 18.1 Å². The van der Waals surface area contributed by atoms with E-state index in [0.29, 0.717) is 27.7 Å². The Morgan fingerprint density at radius 3 is 2.52 bits per heavy atom. The second kappa shape index (κ2) is 7.03. The lowest BCUT2D eigenvalue weighted by atomic mass is 10.1. The van der Waals surface area contributed by atoms with Crippen molar-refractivity contribution >= 4 is 29.0 Å². The highest BCUT2D eigenvalue weighted by molar-refractivity contribution is 6.42. The number of nitrogens with zero attached hydrogens (tertiary/aromatic N) is 1. The van der Waals surface area contributed by atoms with Gasteiger partial charge in [0, 0.05) is 17.7 Å². The van der Waals surface area contributed by atoms with E-state index in [4.69, 9.17) is 23.2 Å². The molecule has 2 nitrogen and oxygen atoms in total. The zero-order valence-corrected chi connectivity index (χ0v) is 13.0. The van der Waals surface area contributed by atoms with E-state index >= 15 is 0 Å². The molecule has 0 atom stereocenters. The first kappa shape index (κ1) is 16.0. The van der Waals surface area contributed by atoms with Gasteiger partial charge >= 0.3 is 0 Å². The van der Waals surface area contributed by atoms with Crippen LogP contribution in [0.15, 0.2) is 42.5 Å². The van der Waals surface area contributed by atoms with Gasteiger partial charge in [0.15, 0.2) is 5.78 Å². The van der Waals surface area contributed by atoms with Crippen molar-refractivity contribution in [3.8, 4) is 0 Å². The molecule has 0 aromatic heterocycles. The summed E-state index contributed by atoms with van der Waals surface area (Å²) >= 11 is 11.7. The Labute approximate surface area is 133 Å². The molecule has 2 aromatic rings. The molecule has 0 radical (unpaired) electrons. The molecule has 5 heteroatoms. The minimum Gasteiger partial charge on any atom is -0.294 e. The fourth-order valence-corrected chi connectivity index (χ4v) is 2.28. The fraction of sp³-hybridized carbons (Fsp3) is 0.188. The summed E-state index contributed by atoms with van der Waals surface area (Å²) in [5, 5.41) is 0.757. The minimum atomic E-state index is -0.272. The molecule has 0 bridgehead atoms. The molecule has 0 spiro atoms. The van der Waals surface area contributed by atoms with Crippen LogP contribution in [0.2, 0.25) is 10.0 Å². The van der Waals surface area contributed by atoms with Crippen molar-refractivity contribution < 1.29 is 9.18 Å². The number of halogens is 3. The van der Waals surface area contributed by atoms with Crippen molar-refractivity contribution in [2.24, 2.45) is 0 Å². The second-order valence-electron chi connectivity index (χ2n) is 4.82. The molecule has 21 heavy (non-hydrogen) atoms. The number of hydrogen-bond donors (Lipinski definition) is 0. The summed E-state index contributed by atoms with van der Waals surface area (Å²) in [4.78, 5) is 13.9. The Morgan fingerprint density at radius 1 is 1.14 bits per heavy atom. The fourth-order valence-electron chi connectivity index (χ4n) is 1.98. The third kappa shape index (κ3) is 4.27. The lowest BCUT2D eigenvalue weighted by molar-refractivity contribution is 0.0942. The van der Waals surface area contributed by atoms with Gasteiger partial charge in [-0.1, -0.05) is 41.4 Å². The Balaban J connectivity index is 2.02. The van der Waals surface area contributed by atoms with Crippen LogP contribution >= 0.6 is 23.2 Å². The predicted molar refractivity (Wildman–Crippen MR) is 83.5 cm³/mol. The van der Waals surface area contributed by atoms with Crippen molar-refractivity contribution in [2.75, 3.05) is 13.6 Å². The van der Waals surface area contributed by atoms with Crippen LogP contribution in [0, 0.1) is 5.82 Å². The first-order valence-electron chi connectivity index (χ1n) is 6.37. The molecule has 0 fully saturated rings. The largest absolute Gasteiger partial charge is 0.294 e. The molecule has 0 aliphatic carbocycles. The summed E-state index contributed by atoms with van der Waals surface area (Å²) in [7, 11) is 1.77. The zero-order valence-electron chi connectivity index (χ0n) is 11.4. The number of carbonyl (C=O) groups is 1. The Bertz CT molecular complexity index is 660. The molecular formula is C16H14Cl2FNO. The number of rotatable bonds is 5. The van der Waals surface area contributed by atoms with E-state index in [1.807, 2.05) is 0 Å². The van der Waals surface area contributed by atoms with Gasteiger partial charge in [0.05, 0.1) is 16.6 Å². The highest BCUT2D eigenvalue weighted by Crippen LogP contribution is 2.23. The van der Waals surface area contributed by atoms with Crippen molar-refractivity contribution in [3.05, 3.63) is 69.5 Å². The van der Waals surface area contributed by atoms with Gasteiger partial charge in [-0.3, -0.25) is 9.69 Å². The molecule has 110 valence electrons. The van der Waals surface area contributed by atoms with E-state index in [2.05, 4.69) is 0 Å². The zero-order chi connectivity index (χ0) is 15.4. The summed E-state index contributed by atoms with van der Waals surface area (Å²) in [5.41, 5.74) is 1.05. The van der Waals surface area contributed by atoms with Crippen molar-refractivity contribution in [1.29, 1.82) is 0 Å². The van der Waals surface area contributed by atoms with Crippen LogP contribution < -0.4 is 0 Å². The summed E-state index contributed by atoms with van der Waals surface area (Å²) in [6, 6.07) is 11.3. The number of Topliss-reactive ketones (excluding diaryl/α,β-unsaturated/α-hetero) is 1. The van der Waals surface area contributed by atoms with E-state index in [1.54, 1.807) is 48.3 Å². The van der Waals surface area contributed by atoms with Crippen LogP contribution in [0.1, 0.15) is 15.9 Å². The second-order valence-corrected chi connectivity index (χ2v) is 5.63. The van der Waals surface area contributed by atoms with Gasteiger partial charge in [-0.25, -0.2) is 4.39 Å². The molecular weight excluding hydrogens is 312 g/mol. The molecule has 0 amide bonds. The minimum absolute atomic E-state index is 0.0904. The maximum atomic E-state index is 13.6. The average molecular weight is 326 g/mol. The van der Waals surface area contributed by atoms with Gasteiger partial charge in [-0.15, -0.1) is 0 Å². The molecule has 0 heterocycles. The topological polar surface area (TPSA) is 20.3 Å². The summed E-state index contributed by atoms with van der Waals surface area (Å²) in [6.07, 6.45) is 0. The van der Waals surface area contributed by atoms with Crippen LogP contribution in [0.25, 0.3) is 0 Å². The Kier molecular flexibility index (Phi) is 5.34. The van der Waals surface area contributed by atoms with Gasteiger partial charge in [-0.05, 0) is 31.3 Å². The molecule has 0 unspecified atom stereocenters. The van der Waals surface area contributed by atoms with Crippen LogP contribution in [0.4, 0.5) is 4.39 Å². The summed E-state index contributed by atoms with van der Waals surface area (Å²) in [5.74, 6) is -0.362. The number of carbonyl (C=O) groups excluding carboxylic acids is 1. The number of hydrogen-bond acceptors (Lipinski definition) is 2. The van der Waals surface area contributed by atoms with E-state index in [9.17, 15) is 9.18 Å². The summed E-state index contributed by atoms with van der Waals surface area (Å²) < 4.78 is 13.6. The van der Waals surface area contributed by atoms with E-state index in [1.165, 1.54) is 6.07 Å². The lowest BCUT2D eigenvalue weighted by Gasteiger charge is -2.16. The van der Waals surface area contributed by atoms with Crippen LogP contribution in [-0.4, -0.2) is 24.3 Å². The average Bonchev–Trinajstić information content (AvgIpc) is 2.44. The Hall–Kier alpha value is -1.42. The van der Waals surface area contributed by atoms with Crippen LogP contribution in [0.5, 0.6) is 0 Å². The first-order chi connectivity index (χ1) is 9.97. The van der Waals surface area contributed by atoms with E-state index in [0.717, 1.165) is 0 Å². The third-order valence-electron chi connectivity index (χ3n) is 3.05. The first-order valence-corrected chi connectivity index (χ1v) is 7.13. The van der Waals surface area contributed by atoms with E-state index < -0.39 is 0 Å². The summed E-state index contributed by atoms with van der Waals surface area (Å²) in [6.45, 7) is 0.534. The highest BCUT2D eigenvalue weighted by atomic mass is 35.5.